The van der Waals surface area contributed by atoms with Crippen molar-refractivity contribution in [1.29, 1.82) is 5.41 Å². The molecule has 2 aliphatic rings. The normalized spacial score (nSPS) is 16.8. The van der Waals surface area contributed by atoms with Crippen LogP contribution in [0, 0.1) is 30.9 Å². The molecular formula is C24H17F2N5OS. The monoisotopic (exact) mass is 461 g/mol. The number of hydrogen-bond donors (Lipinski definition) is 1. The first-order valence-electron chi connectivity index (χ1n) is 10.0. The van der Waals surface area contributed by atoms with E-state index in [0.29, 0.717) is 16.3 Å². The number of thioether (sulfide) groups is 1. The van der Waals surface area contributed by atoms with Crippen molar-refractivity contribution in [3.63, 3.8) is 0 Å². The topological polar surface area (TPSA) is 73.8 Å². The summed E-state index contributed by atoms with van der Waals surface area (Å²) in [7, 11) is 0. The summed E-state index contributed by atoms with van der Waals surface area (Å²) in [6.45, 7) is 3.74. The second-order valence-electron chi connectivity index (χ2n) is 7.55. The van der Waals surface area contributed by atoms with Crippen molar-refractivity contribution in [2.24, 2.45) is 10.1 Å². The summed E-state index contributed by atoms with van der Waals surface area (Å²) in [5, 5.41) is 14.7. The molecule has 33 heavy (non-hydrogen) atoms. The summed E-state index contributed by atoms with van der Waals surface area (Å²) in [4.78, 5) is 16.8. The number of halogens is 2. The second kappa shape index (κ2) is 7.93. The molecule has 0 fully saturated rings. The number of fused-ring (bicyclic) bond motifs is 1. The number of amidine groups is 2. The molecule has 3 aromatic rings. The molecule has 0 bridgehead atoms. The van der Waals surface area contributed by atoms with E-state index >= 15 is 0 Å². The number of aromatic nitrogens is 1. The van der Waals surface area contributed by atoms with Gasteiger partial charge in [0.05, 0.1) is 5.57 Å². The Hall–Kier alpha value is -3.85. The molecule has 0 saturated carbocycles. The molecule has 3 heterocycles. The molecule has 1 amide bonds. The molecule has 164 valence electrons. The second-order valence-corrected chi connectivity index (χ2v) is 8.50. The van der Waals surface area contributed by atoms with Gasteiger partial charge < -0.3 is 4.57 Å². The van der Waals surface area contributed by atoms with Crippen LogP contribution in [-0.4, -0.2) is 31.5 Å². The van der Waals surface area contributed by atoms with Gasteiger partial charge in [-0.2, -0.15) is 15.1 Å². The lowest BCUT2D eigenvalue weighted by Gasteiger charge is -2.20. The van der Waals surface area contributed by atoms with E-state index in [1.54, 1.807) is 36.4 Å². The lowest BCUT2D eigenvalue weighted by molar-refractivity contribution is -0.114. The van der Waals surface area contributed by atoms with Crippen LogP contribution in [-0.2, 0) is 4.79 Å². The van der Waals surface area contributed by atoms with Gasteiger partial charge in [0, 0.05) is 22.6 Å². The van der Waals surface area contributed by atoms with E-state index in [0.717, 1.165) is 23.1 Å². The number of hydrazone groups is 1. The number of nitrogens with zero attached hydrogens (tertiary/aromatic N) is 4. The van der Waals surface area contributed by atoms with Crippen molar-refractivity contribution in [1.82, 2.24) is 9.58 Å². The Morgan fingerprint density at radius 3 is 2.61 bits per heavy atom. The summed E-state index contributed by atoms with van der Waals surface area (Å²) < 4.78 is 29.8. The van der Waals surface area contributed by atoms with Gasteiger partial charge in [-0.3, -0.25) is 10.2 Å². The quantitative estimate of drug-likeness (QED) is 0.556. The van der Waals surface area contributed by atoms with Gasteiger partial charge in [-0.25, -0.2) is 8.78 Å². The number of carbonyl (C=O) groups is 1. The van der Waals surface area contributed by atoms with Crippen LogP contribution in [0.2, 0.25) is 0 Å². The Morgan fingerprint density at radius 1 is 1.06 bits per heavy atom. The molecule has 1 N–H and O–H groups in total. The van der Waals surface area contributed by atoms with Crippen LogP contribution in [0.1, 0.15) is 22.5 Å². The molecule has 0 aliphatic carbocycles. The highest BCUT2D eigenvalue weighted by Crippen LogP contribution is 2.32. The summed E-state index contributed by atoms with van der Waals surface area (Å²) in [6.07, 6.45) is 1.59. The summed E-state index contributed by atoms with van der Waals surface area (Å²) >= 11 is 1.04. The number of benzene rings is 2. The number of hydrogen-bond acceptors (Lipinski definition) is 4. The van der Waals surface area contributed by atoms with E-state index in [4.69, 9.17) is 5.41 Å². The third-order valence-electron chi connectivity index (χ3n) is 5.40. The lowest BCUT2D eigenvalue weighted by atomic mass is 10.1. The Bertz CT molecular complexity index is 1440. The van der Waals surface area contributed by atoms with E-state index in [2.05, 4.69) is 10.1 Å². The van der Waals surface area contributed by atoms with Gasteiger partial charge in [-0.1, -0.05) is 18.2 Å². The van der Waals surface area contributed by atoms with Crippen molar-refractivity contribution >= 4 is 39.8 Å². The first-order chi connectivity index (χ1) is 15.8. The number of carbonyl (C=O) groups excluding carboxylic acids is 1. The van der Waals surface area contributed by atoms with Gasteiger partial charge in [0.15, 0.2) is 5.84 Å². The average molecular weight is 461 g/mol. The molecule has 2 aliphatic heterocycles. The lowest BCUT2D eigenvalue weighted by Crippen LogP contribution is -2.35. The van der Waals surface area contributed by atoms with Crippen molar-refractivity contribution in [3.8, 4) is 5.69 Å². The molecule has 1 aromatic heterocycles. The van der Waals surface area contributed by atoms with Gasteiger partial charge in [0.1, 0.15) is 16.7 Å². The molecular weight excluding hydrogens is 444 g/mol. The molecule has 9 heteroatoms. The number of aryl methyl sites for hydroxylation is 1. The number of nitrogens with one attached hydrogen (secondary N) is 1. The fourth-order valence-electron chi connectivity index (χ4n) is 3.84. The van der Waals surface area contributed by atoms with Crippen LogP contribution in [0.15, 0.2) is 70.3 Å². The van der Waals surface area contributed by atoms with Gasteiger partial charge in [0.25, 0.3) is 5.91 Å². The fourth-order valence-corrected chi connectivity index (χ4v) is 4.76. The summed E-state index contributed by atoms with van der Waals surface area (Å²) in [6, 6.07) is 14.3. The average Bonchev–Trinajstić information content (AvgIpc) is 3.32. The third kappa shape index (κ3) is 3.60. The predicted molar refractivity (Wildman–Crippen MR) is 126 cm³/mol. The van der Waals surface area contributed by atoms with Gasteiger partial charge in [-0.15, -0.1) is 0 Å². The maximum Gasteiger partial charge on any atom is 0.283 e. The van der Waals surface area contributed by atoms with Crippen molar-refractivity contribution < 1.29 is 13.6 Å². The Morgan fingerprint density at radius 2 is 1.85 bits per heavy atom. The zero-order chi connectivity index (χ0) is 23.3. The summed E-state index contributed by atoms with van der Waals surface area (Å²) in [5.74, 6) is -1.50. The number of aliphatic imine (C=N–C) groups is 1. The number of amides is 1. The fraction of sp³-hybridized carbons (Fsp3) is 0.0833. The molecule has 0 spiro atoms. The highest BCUT2D eigenvalue weighted by molar-refractivity contribution is 8.27. The Balaban J connectivity index is 1.53. The maximum atomic E-state index is 14.2. The van der Waals surface area contributed by atoms with E-state index in [9.17, 15) is 13.6 Å². The van der Waals surface area contributed by atoms with E-state index in [1.165, 1.54) is 23.2 Å². The van der Waals surface area contributed by atoms with Crippen LogP contribution >= 0.6 is 11.8 Å². The molecule has 0 saturated heterocycles. The SMILES string of the molecule is Cc1cc(/C=C2\C(=N)N3N=C(c4ccccc4F)SC3=NC2=O)c(C)n1-c1cccc(F)c1. The zero-order valence-electron chi connectivity index (χ0n) is 17.6. The largest absolute Gasteiger partial charge is 0.318 e. The smallest absolute Gasteiger partial charge is 0.283 e. The van der Waals surface area contributed by atoms with Crippen molar-refractivity contribution in [2.45, 2.75) is 13.8 Å². The molecule has 2 aromatic carbocycles. The summed E-state index contributed by atoms with van der Waals surface area (Å²) in [5.41, 5.74) is 3.35. The molecule has 0 atom stereocenters. The van der Waals surface area contributed by atoms with Gasteiger partial charge >= 0.3 is 0 Å². The van der Waals surface area contributed by atoms with Crippen LogP contribution in [0.4, 0.5) is 8.78 Å². The van der Waals surface area contributed by atoms with Crippen LogP contribution in [0.25, 0.3) is 11.8 Å². The van der Waals surface area contributed by atoms with Gasteiger partial charge in [0.2, 0.25) is 5.17 Å². The highest BCUT2D eigenvalue weighted by atomic mass is 32.2. The third-order valence-corrected chi connectivity index (χ3v) is 6.34. The van der Waals surface area contributed by atoms with Gasteiger partial charge in [-0.05, 0) is 73.6 Å². The molecule has 0 radical (unpaired) electrons. The molecule has 5 rings (SSSR count). The molecule has 0 unspecified atom stereocenters. The van der Waals surface area contributed by atoms with E-state index in [-0.39, 0.29) is 28.0 Å². The van der Waals surface area contributed by atoms with Crippen molar-refractivity contribution in [2.75, 3.05) is 0 Å². The Kier molecular flexibility index (Phi) is 5.05. The highest BCUT2D eigenvalue weighted by Gasteiger charge is 2.36. The minimum Gasteiger partial charge on any atom is -0.318 e. The predicted octanol–water partition coefficient (Wildman–Crippen LogP) is 5.04. The first-order valence-corrected chi connectivity index (χ1v) is 10.8. The zero-order valence-corrected chi connectivity index (χ0v) is 18.5. The molecule has 6 nitrogen and oxygen atoms in total. The van der Waals surface area contributed by atoms with Crippen molar-refractivity contribution in [3.05, 3.63) is 94.3 Å². The standard InChI is InChI=1S/C24H17F2N5OS/c1-13-10-15(14(2)30(13)17-7-5-6-16(25)12-17)11-19-21(27)31-24(28-22(19)32)33-23(29-31)18-8-3-4-9-20(18)26/h3-12,27H,1-2H3/b19-11+,27-21?. The maximum absolute atomic E-state index is 14.2. The van der Waals surface area contributed by atoms with Crippen LogP contribution in [0.5, 0.6) is 0 Å². The minimum absolute atomic E-state index is 0.0670. The first kappa shape index (κ1) is 21.0. The van der Waals surface area contributed by atoms with Crippen LogP contribution in [0.3, 0.4) is 0 Å². The Labute approximate surface area is 192 Å². The van der Waals surface area contributed by atoms with E-state index in [1.807, 2.05) is 24.5 Å². The minimum atomic E-state index is -0.570. The van der Waals surface area contributed by atoms with E-state index < -0.39 is 11.7 Å². The van der Waals surface area contributed by atoms with Crippen LogP contribution < -0.4 is 0 Å². The number of rotatable bonds is 3.